The van der Waals surface area contributed by atoms with E-state index in [1.54, 1.807) is 12.1 Å². The number of carbonyl (C=O) groups is 2. The number of hydrogen-bond acceptors (Lipinski definition) is 4. The molecule has 2 amide bonds. The van der Waals surface area contributed by atoms with Gasteiger partial charge in [0.05, 0.1) is 12.1 Å². The highest BCUT2D eigenvalue weighted by molar-refractivity contribution is 9.10. The zero-order valence-corrected chi connectivity index (χ0v) is 15.1. The van der Waals surface area contributed by atoms with Crippen molar-refractivity contribution in [2.45, 2.75) is 6.42 Å². The Morgan fingerprint density at radius 3 is 2.77 bits per heavy atom. The quantitative estimate of drug-likeness (QED) is 0.590. The van der Waals surface area contributed by atoms with E-state index >= 15 is 0 Å². The Hall–Kier alpha value is -2.74. The number of carbonyl (C=O) groups excluding carboxylic acids is 2. The van der Waals surface area contributed by atoms with Gasteiger partial charge in [0.1, 0.15) is 11.6 Å². The van der Waals surface area contributed by atoms with Gasteiger partial charge >= 0.3 is 0 Å². The summed E-state index contributed by atoms with van der Waals surface area (Å²) in [5.41, 5.74) is 3.38. The standard InChI is InChI=1S/C18H15BrFN3O3/c19-13-1-6-16(24)11(7-13)9-21-22-18(26)12-8-17(25)23(10-12)15-4-2-14(20)3-5-15/h1-7,9,12,24H,8,10H2,(H,22,26)/b21-9-/t12-/m0/s1. The Morgan fingerprint density at radius 1 is 1.31 bits per heavy atom. The molecule has 0 bridgehead atoms. The zero-order chi connectivity index (χ0) is 18.7. The molecule has 1 aliphatic heterocycles. The lowest BCUT2D eigenvalue weighted by Gasteiger charge is -2.16. The van der Waals surface area contributed by atoms with Gasteiger partial charge in [0.2, 0.25) is 11.8 Å². The first-order valence-electron chi connectivity index (χ1n) is 7.81. The van der Waals surface area contributed by atoms with E-state index < -0.39 is 11.8 Å². The summed E-state index contributed by atoms with van der Waals surface area (Å²) < 4.78 is 13.8. The SMILES string of the molecule is O=C(N/N=C\c1cc(Br)ccc1O)[C@H]1CC(=O)N(c2ccc(F)cc2)C1. The molecular formula is C18H15BrFN3O3. The van der Waals surface area contributed by atoms with Crippen molar-refractivity contribution >= 4 is 39.6 Å². The largest absolute Gasteiger partial charge is 0.507 e. The van der Waals surface area contributed by atoms with Gasteiger partial charge in [-0.2, -0.15) is 5.10 Å². The highest BCUT2D eigenvalue weighted by Crippen LogP contribution is 2.25. The van der Waals surface area contributed by atoms with E-state index in [0.717, 1.165) is 4.47 Å². The van der Waals surface area contributed by atoms with Gasteiger partial charge in [-0.1, -0.05) is 15.9 Å². The van der Waals surface area contributed by atoms with Crippen LogP contribution in [0.4, 0.5) is 10.1 Å². The van der Waals surface area contributed by atoms with E-state index in [2.05, 4.69) is 26.5 Å². The minimum atomic E-state index is -0.555. The second-order valence-corrected chi connectivity index (χ2v) is 6.73. The topological polar surface area (TPSA) is 82.0 Å². The van der Waals surface area contributed by atoms with Gasteiger partial charge in [0.25, 0.3) is 0 Å². The van der Waals surface area contributed by atoms with Crippen LogP contribution in [0.5, 0.6) is 5.75 Å². The number of phenols is 1. The fraction of sp³-hybridized carbons (Fsp3) is 0.167. The molecule has 0 spiro atoms. The normalized spacial score (nSPS) is 17.1. The molecule has 134 valence electrons. The Labute approximate surface area is 157 Å². The Morgan fingerprint density at radius 2 is 2.04 bits per heavy atom. The van der Waals surface area contributed by atoms with Crippen molar-refractivity contribution in [3.8, 4) is 5.75 Å². The minimum Gasteiger partial charge on any atom is -0.507 e. The van der Waals surface area contributed by atoms with Crippen LogP contribution in [0, 0.1) is 11.7 Å². The van der Waals surface area contributed by atoms with Gasteiger partial charge in [-0.15, -0.1) is 0 Å². The number of nitrogens with one attached hydrogen (secondary N) is 1. The van der Waals surface area contributed by atoms with Crippen LogP contribution in [0.1, 0.15) is 12.0 Å². The number of amides is 2. The summed E-state index contributed by atoms with van der Waals surface area (Å²) in [4.78, 5) is 25.8. The molecule has 1 heterocycles. The van der Waals surface area contributed by atoms with E-state index in [9.17, 15) is 19.1 Å². The maximum absolute atomic E-state index is 13.0. The van der Waals surface area contributed by atoms with Crippen LogP contribution in [0.15, 0.2) is 52.0 Å². The van der Waals surface area contributed by atoms with Crippen LogP contribution in [0.3, 0.4) is 0 Å². The molecule has 2 N–H and O–H groups in total. The summed E-state index contributed by atoms with van der Waals surface area (Å²) in [5, 5.41) is 13.6. The lowest BCUT2D eigenvalue weighted by atomic mass is 10.1. The van der Waals surface area contributed by atoms with E-state index in [-0.39, 0.29) is 30.4 Å². The molecule has 0 unspecified atom stereocenters. The Kier molecular flexibility index (Phi) is 5.32. The maximum Gasteiger partial charge on any atom is 0.245 e. The third-order valence-corrected chi connectivity index (χ3v) is 4.50. The lowest BCUT2D eigenvalue weighted by molar-refractivity contribution is -0.126. The number of rotatable bonds is 4. The first-order valence-corrected chi connectivity index (χ1v) is 8.60. The van der Waals surface area contributed by atoms with Crippen LogP contribution in [0.25, 0.3) is 0 Å². The number of nitrogens with zero attached hydrogens (tertiary/aromatic N) is 2. The van der Waals surface area contributed by atoms with E-state index in [4.69, 9.17) is 0 Å². The molecule has 1 aliphatic rings. The first kappa shape index (κ1) is 18.1. The smallest absolute Gasteiger partial charge is 0.245 e. The van der Waals surface area contributed by atoms with Gasteiger partial charge in [-0.3, -0.25) is 9.59 Å². The summed E-state index contributed by atoms with van der Waals surface area (Å²) in [7, 11) is 0. The molecule has 1 fully saturated rings. The molecule has 1 saturated heterocycles. The lowest BCUT2D eigenvalue weighted by Crippen LogP contribution is -2.30. The summed E-state index contributed by atoms with van der Waals surface area (Å²) in [5.74, 6) is -1.51. The monoisotopic (exact) mass is 419 g/mol. The number of halogens is 2. The summed E-state index contributed by atoms with van der Waals surface area (Å²) in [6, 6.07) is 10.4. The Bertz CT molecular complexity index is 870. The van der Waals surface area contributed by atoms with Crippen LogP contribution in [-0.2, 0) is 9.59 Å². The van der Waals surface area contributed by atoms with E-state index in [1.807, 2.05) is 0 Å². The van der Waals surface area contributed by atoms with Crippen LogP contribution >= 0.6 is 15.9 Å². The van der Waals surface area contributed by atoms with Crippen molar-refractivity contribution in [1.82, 2.24) is 5.43 Å². The molecule has 8 heteroatoms. The fourth-order valence-electron chi connectivity index (χ4n) is 2.64. The second-order valence-electron chi connectivity index (χ2n) is 5.82. The molecule has 0 aliphatic carbocycles. The van der Waals surface area contributed by atoms with Crippen molar-refractivity contribution in [2.24, 2.45) is 11.0 Å². The number of benzene rings is 2. The molecule has 0 aromatic heterocycles. The summed E-state index contributed by atoms with van der Waals surface area (Å²) in [6.07, 6.45) is 1.38. The van der Waals surface area contributed by atoms with Crippen LogP contribution in [0.2, 0.25) is 0 Å². The number of phenolic OH excluding ortho intramolecular Hbond substituents is 1. The predicted octanol–water partition coefficient (Wildman–Crippen LogP) is 2.80. The summed E-state index contributed by atoms with van der Waals surface area (Å²) in [6.45, 7) is 0.202. The maximum atomic E-state index is 13.0. The molecular weight excluding hydrogens is 405 g/mol. The zero-order valence-electron chi connectivity index (χ0n) is 13.5. The Balaban J connectivity index is 1.62. The van der Waals surface area contributed by atoms with Crippen LogP contribution in [-0.4, -0.2) is 29.7 Å². The first-order chi connectivity index (χ1) is 12.4. The molecule has 6 nitrogen and oxygen atoms in total. The van der Waals surface area contributed by atoms with Crippen molar-refractivity contribution in [2.75, 3.05) is 11.4 Å². The molecule has 0 saturated carbocycles. The van der Waals surface area contributed by atoms with Crippen molar-refractivity contribution in [3.63, 3.8) is 0 Å². The number of aromatic hydroxyl groups is 1. The van der Waals surface area contributed by atoms with Crippen LogP contribution < -0.4 is 10.3 Å². The highest BCUT2D eigenvalue weighted by Gasteiger charge is 2.35. The van der Waals surface area contributed by atoms with Crippen molar-refractivity contribution in [3.05, 3.63) is 58.3 Å². The van der Waals surface area contributed by atoms with Gasteiger partial charge < -0.3 is 10.0 Å². The third kappa shape index (κ3) is 4.08. The van der Waals surface area contributed by atoms with Crippen molar-refractivity contribution in [1.29, 1.82) is 0 Å². The molecule has 1 atom stereocenters. The number of hydrogen-bond donors (Lipinski definition) is 2. The van der Waals surface area contributed by atoms with Gasteiger partial charge in [0, 0.05) is 28.7 Å². The second kappa shape index (κ2) is 7.65. The molecule has 2 aromatic carbocycles. The third-order valence-electron chi connectivity index (χ3n) is 4.00. The fourth-order valence-corrected chi connectivity index (χ4v) is 3.02. The van der Waals surface area contributed by atoms with E-state index in [0.29, 0.717) is 11.3 Å². The number of anilines is 1. The molecule has 3 rings (SSSR count). The number of hydrazone groups is 1. The minimum absolute atomic E-state index is 0.0322. The average molecular weight is 420 g/mol. The molecule has 26 heavy (non-hydrogen) atoms. The van der Waals surface area contributed by atoms with Gasteiger partial charge in [0.15, 0.2) is 0 Å². The van der Waals surface area contributed by atoms with Gasteiger partial charge in [-0.05, 0) is 42.5 Å². The highest BCUT2D eigenvalue weighted by atomic mass is 79.9. The van der Waals surface area contributed by atoms with E-state index in [1.165, 1.54) is 41.4 Å². The van der Waals surface area contributed by atoms with Crippen molar-refractivity contribution < 1.29 is 19.1 Å². The summed E-state index contributed by atoms with van der Waals surface area (Å²) >= 11 is 3.28. The average Bonchev–Trinajstić information content (AvgIpc) is 3.00. The molecule has 2 aromatic rings. The van der Waals surface area contributed by atoms with Gasteiger partial charge in [-0.25, -0.2) is 9.82 Å². The predicted molar refractivity (Wildman–Crippen MR) is 98.4 cm³/mol. The molecule has 0 radical (unpaired) electrons.